The molecule has 0 radical (unpaired) electrons. The van der Waals surface area contributed by atoms with Crippen LogP contribution in [0.2, 0.25) is 0 Å². The van der Waals surface area contributed by atoms with Crippen molar-refractivity contribution in [3.8, 4) is 5.75 Å². The fourth-order valence-corrected chi connectivity index (χ4v) is 1.04. The highest BCUT2D eigenvalue weighted by Gasteiger charge is 2.02. The first-order valence-electron chi connectivity index (χ1n) is 4.74. The lowest BCUT2D eigenvalue weighted by Crippen LogP contribution is -2.04. The smallest absolute Gasteiger partial charge is 0.222 e. The van der Waals surface area contributed by atoms with Crippen LogP contribution in [0.4, 0.5) is 11.8 Å². The Hall–Kier alpha value is -1.52. The molecule has 14 heavy (non-hydrogen) atoms. The topological polar surface area (TPSA) is 87.0 Å². The van der Waals surface area contributed by atoms with Gasteiger partial charge >= 0.3 is 0 Å². The molecule has 0 unspecified atom stereocenters. The number of hydrogen-bond acceptors (Lipinski definition) is 5. The second-order valence-electron chi connectivity index (χ2n) is 3.03. The van der Waals surface area contributed by atoms with Gasteiger partial charge in [0.05, 0.1) is 12.8 Å². The van der Waals surface area contributed by atoms with E-state index < -0.39 is 0 Å². The molecule has 0 amide bonds. The normalized spacial score (nSPS) is 10.1. The van der Waals surface area contributed by atoms with Gasteiger partial charge in [-0.05, 0) is 6.42 Å². The first kappa shape index (κ1) is 10.6. The zero-order chi connectivity index (χ0) is 10.4. The summed E-state index contributed by atoms with van der Waals surface area (Å²) in [5, 5.41) is 0. The highest BCUT2D eigenvalue weighted by atomic mass is 16.5. The van der Waals surface area contributed by atoms with Crippen molar-refractivity contribution in [2.24, 2.45) is 0 Å². The van der Waals surface area contributed by atoms with Crippen molar-refractivity contribution in [1.29, 1.82) is 0 Å². The number of hydrogen-bond donors (Lipinski definition) is 2. The van der Waals surface area contributed by atoms with E-state index in [0.29, 0.717) is 18.2 Å². The summed E-state index contributed by atoms with van der Waals surface area (Å²) >= 11 is 0. The zero-order valence-electron chi connectivity index (χ0n) is 8.36. The van der Waals surface area contributed by atoms with Crippen molar-refractivity contribution in [2.45, 2.75) is 26.2 Å². The molecule has 78 valence electrons. The van der Waals surface area contributed by atoms with Crippen LogP contribution in [0.15, 0.2) is 6.20 Å². The van der Waals surface area contributed by atoms with Gasteiger partial charge < -0.3 is 16.2 Å². The SMILES string of the molecule is CCCCCOc1cnc(N)nc1N. The van der Waals surface area contributed by atoms with Crippen molar-refractivity contribution in [2.75, 3.05) is 18.1 Å². The molecule has 0 spiro atoms. The van der Waals surface area contributed by atoms with Crippen molar-refractivity contribution in [3.63, 3.8) is 0 Å². The Kier molecular flexibility index (Phi) is 3.97. The van der Waals surface area contributed by atoms with Gasteiger partial charge in [-0.1, -0.05) is 19.8 Å². The third kappa shape index (κ3) is 3.08. The van der Waals surface area contributed by atoms with Gasteiger partial charge in [-0.15, -0.1) is 0 Å². The number of aromatic nitrogens is 2. The second-order valence-corrected chi connectivity index (χ2v) is 3.03. The standard InChI is InChI=1S/C9H16N4O/c1-2-3-4-5-14-7-6-12-9(11)13-8(7)10/h6H,2-5H2,1H3,(H4,10,11,12,13). The van der Waals surface area contributed by atoms with Crippen LogP contribution in [0, 0.1) is 0 Å². The highest BCUT2D eigenvalue weighted by Crippen LogP contribution is 2.17. The molecule has 0 saturated carbocycles. The molecule has 4 N–H and O–H groups in total. The van der Waals surface area contributed by atoms with Crippen LogP contribution in [-0.2, 0) is 0 Å². The largest absolute Gasteiger partial charge is 0.488 e. The van der Waals surface area contributed by atoms with Gasteiger partial charge in [-0.3, -0.25) is 0 Å². The van der Waals surface area contributed by atoms with E-state index in [-0.39, 0.29) is 5.95 Å². The molecule has 0 atom stereocenters. The summed E-state index contributed by atoms with van der Waals surface area (Å²) in [6.45, 7) is 2.78. The molecule has 0 aromatic carbocycles. The third-order valence-corrected chi connectivity index (χ3v) is 1.81. The van der Waals surface area contributed by atoms with Crippen LogP contribution in [0.3, 0.4) is 0 Å². The minimum absolute atomic E-state index is 0.170. The Bertz CT molecular complexity index is 290. The van der Waals surface area contributed by atoms with Crippen molar-refractivity contribution < 1.29 is 4.74 Å². The second kappa shape index (κ2) is 5.26. The lowest BCUT2D eigenvalue weighted by atomic mass is 10.3. The minimum Gasteiger partial charge on any atom is -0.488 e. The van der Waals surface area contributed by atoms with Crippen molar-refractivity contribution >= 4 is 11.8 Å². The van der Waals surface area contributed by atoms with E-state index in [0.717, 1.165) is 19.3 Å². The Morgan fingerprint density at radius 1 is 1.36 bits per heavy atom. The number of nitrogens with zero attached hydrogens (tertiary/aromatic N) is 2. The van der Waals surface area contributed by atoms with E-state index in [1.54, 1.807) is 0 Å². The van der Waals surface area contributed by atoms with Gasteiger partial charge in [0.15, 0.2) is 11.6 Å². The van der Waals surface area contributed by atoms with Gasteiger partial charge in [-0.25, -0.2) is 4.98 Å². The van der Waals surface area contributed by atoms with Gasteiger partial charge in [0.25, 0.3) is 0 Å². The number of rotatable bonds is 5. The van der Waals surface area contributed by atoms with Crippen molar-refractivity contribution in [3.05, 3.63) is 6.20 Å². The van der Waals surface area contributed by atoms with Crippen LogP contribution in [0.1, 0.15) is 26.2 Å². The van der Waals surface area contributed by atoms with Crippen LogP contribution in [0.25, 0.3) is 0 Å². The maximum absolute atomic E-state index is 5.58. The van der Waals surface area contributed by atoms with Crippen LogP contribution in [-0.4, -0.2) is 16.6 Å². The molecule has 0 fully saturated rings. The summed E-state index contributed by atoms with van der Waals surface area (Å²) in [5.41, 5.74) is 10.9. The number of anilines is 2. The first-order valence-corrected chi connectivity index (χ1v) is 4.74. The molecule has 0 saturated heterocycles. The highest BCUT2D eigenvalue weighted by molar-refractivity contribution is 5.46. The lowest BCUT2D eigenvalue weighted by molar-refractivity contribution is 0.306. The Morgan fingerprint density at radius 3 is 2.79 bits per heavy atom. The van der Waals surface area contributed by atoms with Gasteiger partial charge in [0.1, 0.15) is 0 Å². The summed E-state index contributed by atoms with van der Waals surface area (Å²) in [5.74, 6) is 0.979. The molecule has 1 rings (SSSR count). The molecule has 0 aliphatic carbocycles. The van der Waals surface area contributed by atoms with E-state index in [1.807, 2.05) is 0 Å². The van der Waals surface area contributed by atoms with E-state index in [9.17, 15) is 0 Å². The zero-order valence-corrected chi connectivity index (χ0v) is 8.36. The van der Waals surface area contributed by atoms with E-state index in [2.05, 4.69) is 16.9 Å². The molecule has 5 heteroatoms. The summed E-state index contributed by atoms with van der Waals surface area (Å²) < 4.78 is 5.39. The number of nitrogens with two attached hydrogens (primary N) is 2. The van der Waals surface area contributed by atoms with Gasteiger partial charge in [-0.2, -0.15) is 4.98 Å². The molecule has 0 aliphatic rings. The maximum Gasteiger partial charge on any atom is 0.222 e. The molecule has 1 aromatic heterocycles. The molecule has 1 aromatic rings. The van der Waals surface area contributed by atoms with E-state index in [1.165, 1.54) is 6.20 Å². The predicted molar refractivity (Wildman–Crippen MR) is 55.9 cm³/mol. The fourth-order valence-electron chi connectivity index (χ4n) is 1.04. The molecular formula is C9H16N4O. The van der Waals surface area contributed by atoms with E-state index >= 15 is 0 Å². The predicted octanol–water partition coefficient (Wildman–Crippen LogP) is 1.21. The number of nitrogen functional groups attached to an aromatic ring is 2. The average molecular weight is 196 g/mol. The lowest BCUT2D eigenvalue weighted by Gasteiger charge is -2.06. The van der Waals surface area contributed by atoms with Gasteiger partial charge in [0.2, 0.25) is 5.95 Å². The number of unbranched alkanes of at least 4 members (excludes halogenated alkanes) is 2. The van der Waals surface area contributed by atoms with E-state index in [4.69, 9.17) is 16.2 Å². The first-order chi connectivity index (χ1) is 6.74. The monoisotopic (exact) mass is 196 g/mol. The summed E-state index contributed by atoms with van der Waals surface area (Å²) in [6, 6.07) is 0. The number of ether oxygens (including phenoxy) is 1. The Morgan fingerprint density at radius 2 is 2.14 bits per heavy atom. The fraction of sp³-hybridized carbons (Fsp3) is 0.556. The van der Waals surface area contributed by atoms with Crippen LogP contribution in [0.5, 0.6) is 5.75 Å². The maximum atomic E-state index is 5.58. The average Bonchev–Trinajstić information content (AvgIpc) is 2.15. The summed E-state index contributed by atoms with van der Waals surface area (Å²) in [4.78, 5) is 7.59. The molecule has 5 nitrogen and oxygen atoms in total. The minimum atomic E-state index is 0.170. The quantitative estimate of drug-likeness (QED) is 0.691. The van der Waals surface area contributed by atoms with Gasteiger partial charge in [0, 0.05) is 0 Å². The Balaban J connectivity index is 2.42. The van der Waals surface area contributed by atoms with Crippen LogP contribution < -0.4 is 16.2 Å². The molecular weight excluding hydrogens is 180 g/mol. The molecule has 1 heterocycles. The third-order valence-electron chi connectivity index (χ3n) is 1.81. The summed E-state index contributed by atoms with van der Waals surface area (Å²) in [6.07, 6.45) is 4.83. The van der Waals surface area contributed by atoms with Crippen LogP contribution >= 0.6 is 0 Å². The Labute approximate surface area is 83.5 Å². The molecule has 0 bridgehead atoms. The molecule has 0 aliphatic heterocycles. The summed E-state index contributed by atoms with van der Waals surface area (Å²) in [7, 11) is 0. The van der Waals surface area contributed by atoms with Crippen molar-refractivity contribution in [1.82, 2.24) is 9.97 Å².